The fourth-order valence-corrected chi connectivity index (χ4v) is 5.15. The van der Waals surface area contributed by atoms with Crippen LogP contribution in [0.1, 0.15) is 34.6 Å². The number of pyridine rings is 2. The number of benzene rings is 1. The molecule has 5 heterocycles. The zero-order chi connectivity index (χ0) is 25.5. The van der Waals surface area contributed by atoms with Crippen molar-refractivity contribution in [1.82, 2.24) is 24.6 Å². The number of nitrogens with zero attached hydrogens (tertiary/aromatic N) is 6. The molecule has 0 aliphatic carbocycles. The lowest BCUT2D eigenvalue weighted by molar-refractivity contribution is -0.118. The average molecular weight is 497 g/mol. The molecule has 9 heteroatoms. The minimum Gasteiger partial charge on any atom is -0.337 e. The number of hydrogen-bond donors (Lipinski definition) is 0. The van der Waals surface area contributed by atoms with E-state index in [2.05, 4.69) is 15.1 Å². The highest BCUT2D eigenvalue weighted by atomic mass is 19.1. The molecule has 0 saturated carbocycles. The summed E-state index contributed by atoms with van der Waals surface area (Å²) in [4.78, 5) is 38.4. The normalized spacial score (nSPS) is 15.8. The number of aromatic nitrogens is 4. The Kier molecular flexibility index (Phi) is 5.75. The molecular weight excluding hydrogens is 471 g/mol. The highest BCUT2D eigenvalue weighted by Gasteiger charge is 2.36. The summed E-state index contributed by atoms with van der Waals surface area (Å²) in [6, 6.07) is 14.1. The summed E-state index contributed by atoms with van der Waals surface area (Å²) < 4.78 is 16.0. The summed E-state index contributed by atoms with van der Waals surface area (Å²) >= 11 is 0. The van der Waals surface area contributed by atoms with Gasteiger partial charge in [-0.15, -0.1) is 0 Å². The van der Waals surface area contributed by atoms with Crippen LogP contribution in [-0.2, 0) is 11.2 Å². The van der Waals surface area contributed by atoms with Crippen LogP contribution in [0.25, 0.3) is 16.9 Å². The molecule has 0 bridgehead atoms. The maximum absolute atomic E-state index is 14.4. The zero-order valence-corrected chi connectivity index (χ0v) is 20.3. The molecule has 1 saturated heterocycles. The molecule has 3 aromatic heterocycles. The zero-order valence-electron chi connectivity index (χ0n) is 20.3. The van der Waals surface area contributed by atoms with Gasteiger partial charge in [0.25, 0.3) is 5.91 Å². The maximum atomic E-state index is 14.4. The van der Waals surface area contributed by atoms with Gasteiger partial charge in [-0.25, -0.2) is 9.07 Å². The number of anilines is 1. The summed E-state index contributed by atoms with van der Waals surface area (Å²) in [5, 5.41) is 4.60. The number of rotatable bonds is 4. The first kappa shape index (κ1) is 23.0. The molecule has 0 unspecified atom stereocenters. The third-order valence-electron chi connectivity index (χ3n) is 7.12. The van der Waals surface area contributed by atoms with E-state index in [0.717, 1.165) is 16.9 Å². The summed E-state index contributed by atoms with van der Waals surface area (Å²) in [6.07, 6.45) is 6.74. The maximum Gasteiger partial charge on any atom is 0.274 e. The van der Waals surface area contributed by atoms with Crippen LogP contribution in [-0.4, -0.2) is 55.6 Å². The molecule has 2 aliphatic rings. The molecule has 6 rings (SSSR count). The lowest BCUT2D eigenvalue weighted by atomic mass is 10.0. The second-order valence-electron chi connectivity index (χ2n) is 9.43. The molecule has 0 atom stereocenters. The van der Waals surface area contributed by atoms with E-state index in [-0.39, 0.29) is 29.4 Å². The van der Waals surface area contributed by atoms with Crippen LogP contribution >= 0.6 is 0 Å². The Morgan fingerprint density at radius 3 is 2.62 bits per heavy atom. The molecule has 8 nitrogen and oxygen atoms in total. The fraction of sp³-hybridized carbons (Fsp3) is 0.250. The van der Waals surface area contributed by atoms with Crippen molar-refractivity contribution in [2.24, 2.45) is 0 Å². The van der Waals surface area contributed by atoms with Crippen molar-refractivity contribution >= 4 is 17.5 Å². The van der Waals surface area contributed by atoms with E-state index in [1.807, 2.05) is 29.2 Å². The van der Waals surface area contributed by atoms with Gasteiger partial charge in [0.05, 0.1) is 29.2 Å². The van der Waals surface area contributed by atoms with Crippen molar-refractivity contribution in [2.45, 2.75) is 32.2 Å². The Bertz CT molecular complexity index is 1490. The summed E-state index contributed by atoms with van der Waals surface area (Å²) in [5.74, 6) is -0.471. The Labute approximate surface area is 213 Å². The van der Waals surface area contributed by atoms with Gasteiger partial charge in [-0.3, -0.25) is 19.6 Å². The van der Waals surface area contributed by atoms with Gasteiger partial charge in [-0.1, -0.05) is 6.07 Å². The SMILES string of the molecule is Cc1ccc(-n2nc(C(=O)N3CCC(N4C(=O)Cc5ncccc54)CC3)cc2-c2cccnc2)cc1F. The van der Waals surface area contributed by atoms with Crippen molar-refractivity contribution in [3.63, 3.8) is 0 Å². The Morgan fingerprint density at radius 2 is 1.86 bits per heavy atom. The predicted octanol–water partition coefficient (Wildman–Crippen LogP) is 3.97. The largest absolute Gasteiger partial charge is 0.337 e. The van der Waals surface area contributed by atoms with Crippen LogP contribution in [0.4, 0.5) is 10.1 Å². The Hall–Kier alpha value is -4.40. The number of halogens is 1. The molecule has 2 aliphatic heterocycles. The van der Waals surface area contributed by atoms with Crippen molar-refractivity contribution < 1.29 is 14.0 Å². The molecule has 0 radical (unpaired) electrons. The van der Waals surface area contributed by atoms with Crippen molar-refractivity contribution in [1.29, 1.82) is 0 Å². The van der Waals surface area contributed by atoms with Crippen molar-refractivity contribution in [3.05, 3.63) is 89.9 Å². The van der Waals surface area contributed by atoms with E-state index in [1.165, 1.54) is 6.07 Å². The topological polar surface area (TPSA) is 84.2 Å². The third-order valence-corrected chi connectivity index (χ3v) is 7.12. The first-order chi connectivity index (χ1) is 18.0. The van der Waals surface area contributed by atoms with Gasteiger partial charge in [0.1, 0.15) is 5.82 Å². The van der Waals surface area contributed by atoms with E-state index in [4.69, 9.17) is 0 Å². The number of likely N-dealkylation sites (tertiary alicyclic amines) is 1. The Morgan fingerprint density at radius 1 is 1.05 bits per heavy atom. The predicted molar refractivity (Wildman–Crippen MR) is 136 cm³/mol. The number of carbonyl (C=O) groups excluding carboxylic acids is 2. The second kappa shape index (κ2) is 9.24. The molecule has 186 valence electrons. The highest BCUT2D eigenvalue weighted by molar-refractivity contribution is 6.01. The molecule has 0 spiro atoms. The molecule has 37 heavy (non-hydrogen) atoms. The molecular formula is C28H25FN6O2. The van der Waals surface area contributed by atoms with Crippen LogP contribution in [0.3, 0.4) is 0 Å². The summed E-state index contributed by atoms with van der Waals surface area (Å²) in [5.41, 5.74) is 4.46. The second-order valence-corrected chi connectivity index (χ2v) is 9.43. The molecule has 4 aromatic rings. The van der Waals surface area contributed by atoms with Gasteiger partial charge in [0.2, 0.25) is 5.91 Å². The van der Waals surface area contributed by atoms with E-state index in [9.17, 15) is 14.0 Å². The minimum atomic E-state index is -0.340. The van der Waals surface area contributed by atoms with Gasteiger partial charge < -0.3 is 9.80 Å². The van der Waals surface area contributed by atoms with E-state index >= 15 is 0 Å². The van der Waals surface area contributed by atoms with E-state index < -0.39 is 0 Å². The Balaban J connectivity index is 1.25. The lowest BCUT2D eigenvalue weighted by Crippen LogP contribution is -2.48. The van der Waals surface area contributed by atoms with E-state index in [0.29, 0.717) is 49.3 Å². The van der Waals surface area contributed by atoms with Crippen LogP contribution < -0.4 is 4.90 Å². The highest BCUT2D eigenvalue weighted by Crippen LogP contribution is 2.32. The van der Waals surface area contributed by atoms with Gasteiger partial charge >= 0.3 is 0 Å². The van der Waals surface area contributed by atoms with Crippen molar-refractivity contribution in [3.8, 4) is 16.9 Å². The van der Waals surface area contributed by atoms with Crippen LogP contribution in [0, 0.1) is 12.7 Å². The number of hydrogen-bond acceptors (Lipinski definition) is 5. The molecule has 1 fully saturated rings. The summed E-state index contributed by atoms with van der Waals surface area (Å²) in [6.45, 7) is 2.72. The van der Waals surface area contributed by atoms with Gasteiger partial charge in [-0.2, -0.15) is 5.10 Å². The summed E-state index contributed by atoms with van der Waals surface area (Å²) in [7, 11) is 0. The molecule has 0 N–H and O–H groups in total. The van der Waals surface area contributed by atoms with Crippen LogP contribution in [0.15, 0.2) is 67.1 Å². The third kappa shape index (κ3) is 4.16. The molecule has 1 aromatic carbocycles. The first-order valence-electron chi connectivity index (χ1n) is 12.3. The van der Waals surface area contributed by atoms with Crippen molar-refractivity contribution in [2.75, 3.05) is 18.0 Å². The lowest BCUT2D eigenvalue weighted by Gasteiger charge is -2.36. The van der Waals surface area contributed by atoms with Gasteiger partial charge in [0.15, 0.2) is 5.69 Å². The van der Waals surface area contributed by atoms with Gasteiger partial charge in [-0.05, 0) is 67.8 Å². The van der Waals surface area contributed by atoms with Crippen LogP contribution in [0.2, 0.25) is 0 Å². The number of amides is 2. The number of piperidine rings is 1. The number of carbonyl (C=O) groups is 2. The fourth-order valence-electron chi connectivity index (χ4n) is 5.15. The van der Waals surface area contributed by atoms with E-state index in [1.54, 1.807) is 53.3 Å². The minimum absolute atomic E-state index is 0.0287. The standard InChI is InChI=1S/C28H25FN6O2/c1-18-6-7-21(14-22(18)29)35-26(19-4-2-10-30-17-19)15-24(32-35)28(37)33-12-8-20(9-13-33)34-25-5-3-11-31-23(25)16-27(34)36/h2-7,10-11,14-15,17,20H,8-9,12-13,16H2,1H3. The quantitative estimate of drug-likeness (QED) is 0.427. The first-order valence-corrected chi connectivity index (χ1v) is 12.3. The van der Waals surface area contributed by atoms with Crippen LogP contribution in [0.5, 0.6) is 0 Å². The molecule has 2 amide bonds. The number of aryl methyl sites for hydroxylation is 1. The monoisotopic (exact) mass is 496 g/mol. The average Bonchev–Trinajstić information content (AvgIpc) is 3.51. The number of fused-ring (bicyclic) bond motifs is 1. The smallest absolute Gasteiger partial charge is 0.274 e. The van der Waals surface area contributed by atoms with Gasteiger partial charge in [0, 0.05) is 43.3 Å².